The van der Waals surface area contributed by atoms with E-state index in [1.807, 2.05) is 0 Å². The van der Waals surface area contributed by atoms with E-state index in [0.29, 0.717) is 54.6 Å². The van der Waals surface area contributed by atoms with Gasteiger partial charge in [0.25, 0.3) is 0 Å². The van der Waals surface area contributed by atoms with Crippen molar-refractivity contribution in [3.8, 4) is 11.3 Å². The largest absolute Gasteiger partial charge is 0.441 e. The Bertz CT molecular complexity index is 1320. The van der Waals surface area contributed by atoms with Crippen LogP contribution in [0.4, 0.5) is 10.1 Å². The number of amides is 1. The molecule has 2 aliphatic rings. The summed E-state index contributed by atoms with van der Waals surface area (Å²) in [5.74, 6) is 0.219. The van der Waals surface area contributed by atoms with E-state index in [0.717, 1.165) is 30.5 Å². The first-order valence-corrected chi connectivity index (χ1v) is 13.0. The number of aryl methyl sites for hydroxylation is 1. The zero-order chi connectivity index (χ0) is 23.7. The zero-order valence-corrected chi connectivity index (χ0v) is 19.6. The lowest BCUT2D eigenvalue weighted by Gasteiger charge is -2.26. The number of rotatable bonds is 6. The van der Waals surface area contributed by atoms with E-state index in [9.17, 15) is 17.6 Å². The zero-order valence-electron chi connectivity index (χ0n) is 18.7. The molecule has 1 amide bonds. The van der Waals surface area contributed by atoms with Gasteiger partial charge in [-0.15, -0.1) is 0 Å². The van der Waals surface area contributed by atoms with Crippen molar-refractivity contribution in [2.24, 2.45) is 0 Å². The van der Waals surface area contributed by atoms with Crippen molar-refractivity contribution in [1.29, 1.82) is 0 Å². The van der Waals surface area contributed by atoms with Crippen LogP contribution in [0.5, 0.6) is 0 Å². The molecule has 2 aromatic carbocycles. The van der Waals surface area contributed by atoms with Crippen molar-refractivity contribution >= 4 is 21.6 Å². The summed E-state index contributed by atoms with van der Waals surface area (Å²) in [5.41, 5.74) is 1.95. The van der Waals surface area contributed by atoms with Crippen LogP contribution >= 0.6 is 0 Å². The van der Waals surface area contributed by atoms with Gasteiger partial charge in [0.15, 0.2) is 11.7 Å². The molecule has 0 N–H and O–H groups in total. The van der Waals surface area contributed by atoms with Crippen LogP contribution in [0.25, 0.3) is 11.3 Å². The second-order valence-electron chi connectivity index (χ2n) is 8.65. The molecule has 1 saturated heterocycles. The van der Waals surface area contributed by atoms with Gasteiger partial charge in [0.05, 0.1) is 16.7 Å². The fourth-order valence-corrected chi connectivity index (χ4v) is 6.18. The Kier molecular flexibility index (Phi) is 6.22. The number of aromatic nitrogens is 1. The summed E-state index contributed by atoms with van der Waals surface area (Å²) >= 11 is 0. The summed E-state index contributed by atoms with van der Waals surface area (Å²) in [6, 6.07) is 11.3. The molecule has 1 aromatic heterocycles. The van der Waals surface area contributed by atoms with Gasteiger partial charge in [0, 0.05) is 38.2 Å². The number of hydrogen-bond acceptors (Lipinski definition) is 5. The lowest BCUT2D eigenvalue weighted by molar-refractivity contribution is -0.118. The van der Waals surface area contributed by atoms with Gasteiger partial charge in [0.1, 0.15) is 5.82 Å². The minimum atomic E-state index is -3.51. The number of anilines is 1. The van der Waals surface area contributed by atoms with Crippen LogP contribution in [-0.2, 0) is 27.7 Å². The minimum absolute atomic E-state index is 0.0870. The van der Waals surface area contributed by atoms with E-state index in [-0.39, 0.29) is 12.3 Å². The highest BCUT2D eigenvalue weighted by molar-refractivity contribution is 7.89. The van der Waals surface area contributed by atoms with E-state index in [1.165, 1.54) is 12.3 Å². The van der Waals surface area contributed by atoms with Gasteiger partial charge in [-0.3, -0.25) is 4.79 Å². The second kappa shape index (κ2) is 9.31. The number of benzene rings is 2. The van der Waals surface area contributed by atoms with E-state index in [2.05, 4.69) is 4.98 Å². The Morgan fingerprint density at radius 3 is 2.65 bits per heavy atom. The summed E-state index contributed by atoms with van der Waals surface area (Å²) in [5, 5.41) is 0. The van der Waals surface area contributed by atoms with Crippen LogP contribution in [0.15, 0.2) is 58.0 Å². The first-order valence-electron chi connectivity index (χ1n) is 11.6. The smallest absolute Gasteiger partial charge is 0.243 e. The van der Waals surface area contributed by atoms with Gasteiger partial charge < -0.3 is 9.32 Å². The predicted octanol–water partition coefficient (Wildman–Crippen LogP) is 4.18. The Morgan fingerprint density at radius 2 is 1.85 bits per heavy atom. The molecule has 0 atom stereocenters. The van der Waals surface area contributed by atoms with E-state index < -0.39 is 15.8 Å². The van der Waals surface area contributed by atoms with Crippen molar-refractivity contribution in [3.05, 3.63) is 65.9 Å². The van der Waals surface area contributed by atoms with Gasteiger partial charge >= 0.3 is 0 Å². The molecule has 7 nitrogen and oxygen atoms in total. The molecular formula is C25H26FN3O4S. The number of piperidine rings is 1. The average molecular weight is 484 g/mol. The molecule has 3 heterocycles. The third kappa shape index (κ3) is 4.37. The van der Waals surface area contributed by atoms with Crippen molar-refractivity contribution in [2.45, 2.75) is 43.4 Å². The number of sulfonamides is 1. The predicted molar refractivity (Wildman–Crippen MR) is 125 cm³/mol. The Balaban J connectivity index is 1.25. The van der Waals surface area contributed by atoms with Crippen molar-refractivity contribution < 1.29 is 22.0 Å². The Hall–Kier alpha value is -3.04. The molecule has 2 aliphatic heterocycles. The fourth-order valence-electron chi connectivity index (χ4n) is 4.61. The molecule has 34 heavy (non-hydrogen) atoms. The molecule has 0 unspecified atom stereocenters. The summed E-state index contributed by atoms with van der Waals surface area (Å²) in [6.45, 7) is 1.63. The van der Waals surface area contributed by atoms with Crippen LogP contribution in [0.2, 0.25) is 0 Å². The van der Waals surface area contributed by atoms with E-state index >= 15 is 0 Å². The van der Waals surface area contributed by atoms with Gasteiger partial charge in [-0.2, -0.15) is 4.31 Å². The van der Waals surface area contributed by atoms with Crippen LogP contribution in [0.3, 0.4) is 0 Å². The van der Waals surface area contributed by atoms with E-state index in [1.54, 1.807) is 45.6 Å². The molecule has 9 heteroatoms. The third-order valence-electron chi connectivity index (χ3n) is 6.45. The molecule has 3 aromatic rings. The van der Waals surface area contributed by atoms with E-state index in [4.69, 9.17) is 4.42 Å². The van der Waals surface area contributed by atoms with Gasteiger partial charge in [0.2, 0.25) is 15.9 Å². The minimum Gasteiger partial charge on any atom is -0.441 e. The highest BCUT2D eigenvalue weighted by atomic mass is 32.2. The Morgan fingerprint density at radius 1 is 1.06 bits per heavy atom. The van der Waals surface area contributed by atoms with Gasteiger partial charge in [-0.05, 0) is 55.2 Å². The van der Waals surface area contributed by atoms with Crippen LogP contribution in [0.1, 0.15) is 37.1 Å². The summed E-state index contributed by atoms with van der Waals surface area (Å²) in [6.07, 6.45) is 5.39. The number of halogens is 1. The average Bonchev–Trinajstić information content (AvgIpc) is 3.50. The SMILES string of the molecule is O=C(CCc1ncc(-c2ccccc2F)o1)N1CCc2cc(S(=O)(=O)N3CCCCC3)ccc21. The first kappa shape index (κ1) is 22.7. The molecule has 178 valence electrons. The molecule has 0 radical (unpaired) electrons. The number of carbonyl (C=O) groups is 1. The third-order valence-corrected chi connectivity index (χ3v) is 8.34. The standard InChI is InChI=1S/C25H26FN3O4S/c26-21-7-3-2-6-20(21)23-17-27-24(33-23)10-11-25(30)29-15-12-18-16-19(8-9-22(18)29)34(31,32)28-13-4-1-5-14-28/h2-3,6-9,16-17H,1,4-5,10-15H2. The first-order chi connectivity index (χ1) is 16.4. The number of carbonyl (C=O) groups excluding carboxylic acids is 1. The number of fused-ring (bicyclic) bond motifs is 1. The Labute approximate surface area is 198 Å². The maximum atomic E-state index is 14.0. The fraction of sp³-hybridized carbons (Fsp3) is 0.360. The number of hydrogen-bond donors (Lipinski definition) is 0. The molecule has 0 spiro atoms. The van der Waals surface area contributed by atoms with Crippen molar-refractivity contribution in [1.82, 2.24) is 9.29 Å². The van der Waals surface area contributed by atoms with Crippen molar-refractivity contribution in [3.63, 3.8) is 0 Å². The number of nitrogens with zero attached hydrogens (tertiary/aromatic N) is 3. The highest BCUT2D eigenvalue weighted by Gasteiger charge is 2.30. The summed E-state index contributed by atoms with van der Waals surface area (Å²) < 4.78 is 47.2. The van der Waals surface area contributed by atoms with Crippen LogP contribution in [-0.4, -0.2) is 43.2 Å². The van der Waals surface area contributed by atoms with Crippen LogP contribution < -0.4 is 4.90 Å². The summed E-state index contributed by atoms with van der Waals surface area (Å²) in [4.78, 5) is 19.1. The monoisotopic (exact) mass is 483 g/mol. The summed E-state index contributed by atoms with van der Waals surface area (Å²) in [7, 11) is -3.51. The molecule has 0 bridgehead atoms. The molecule has 0 aliphatic carbocycles. The maximum absolute atomic E-state index is 14.0. The molecule has 1 fully saturated rings. The highest BCUT2D eigenvalue weighted by Crippen LogP contribution is 2.32. The lowest BCUT2D eigenvalue weighted by atomic mass is 10.2. The lowest BCUT2D eigenvalue weighted by Crippen LogP contribution is -2.35. The van der Waals surface area contributed by atoms with Gasteiger partial charge in [-0.1, -0.05) is 18.6 Å². The second-order valence-corrected chi connectivity index (χ2v) is 10.6. The molecule has 0 saturated carbocycles. The van der Waals surface area contributed by atoms with Gasteiger partial charge in [-0.25, -0.2) is 17.8 Å². The van der Waals surface area contributed by atoms with Crippen LogP contribution in [0, 0.1) is 5.82 Å². The maximum Gasteiger partial charge on any atom is 0.243 e. The topological polar surface area (TPSA) is 83.7 Å². The molecule has 5 rings (SSSR count). The number of oxazole rings is 1. The molecular weight excluding hydrogens is 457 g/mol. The van der Waals surface area contributed by atoms with Crippen molar-refractivity contribution in [2.75, 3.05) is 24.5 Å². The quantitative estimate of drug-likeness (QED) is 0.525. The normalized spacial score (nSPS) is 16.6.